The van der Waals surface area contributed by atoms with Crippen LogP contribution in [0.15, 0.2) is 84.9 Å². The van der Waals surface area contributed by atoms with Crippen LogP contribution in [0.5, 0.6) is 0 Å². The van der Waals surface area contributed by atoms with Gasteiger partial charge in [0.05, 0.1) is 11.1 Å². The molecule has 0 aliphatic carbocycles. The molecule has 1 unspecified atom stereocenters. The van der Waals surface area contributed by atoms with Crippen molar-refractivity contribution < 1.29 is 14.4 Å². The van der Waals surface area contributed by atoms with Crippen molar-refractivity contribution in [1.82, 2.24) is 14.7 Å². The summed E-state index contributed by atoms with van der Waals surface area (Å²) in [5.74, 6) is -0.468. The van der Waals surface area contributed by atoms with E-state index in [1.807, 2.05) is 36.4 Å². The molecule has 2 heterocycles. The lowest BCUT2D eigenvalue weighted by Crippen LogP contribution is -2.49. The average molecular weight is 609 g/mol. The van der Waals surface area contributed by atoms with E-state index in [0.717, 1.165) is 50.1 Å². The SMILES string of the molecule is CN(CCCCCCCCCN1CCC(C(C(N)=O)(c2ccccc2)c2ccccc2)C1)CCN1C(=O)c2ccccc2C1=O. The number of benzene rings is 3. The number of carbonyl (C=O) groups excluding carboxylic acids is 3. The summed E-state index contributed by atoms with van der Waals surface area (Å²) in [5, 5.41) is 0. The number of fused-ring (bicyclic) bond motifs is 1. The number of hydrogen-bond donors (Lipinski definition) is 1. The zero-order valence-corrected chi connectivity index (χ0v) is 26.7. The molecule has 1 atom stereocenters. The summed E-state index contributed by atoms with van der Waals surface area (Å²) in [6.45, 7) is 5.04. The Balaban J connectivity index is 0.969. The summed E-state index contributed by atoms with van der Waals surface area (Å²) in [5.41, 5.74) is 8.45. The first-order chi connectivity index (χ1) is 21.9. The summed E-state index contributed by atoms with van der Waals surface area (Å²) in [7, 11) is 2.06. The van der Waals surface area contributed by atoms with E-state index in [1.165, 1.54) is 43.4 Å². The topological polar surface area (TPSA) is 86.9 Å². The van der Waals surface area contributed by atoms with Gasteiger partial charge >= 0.3 is 0 Å². The second-order valence-electron chi connectivity index (χ2n) is 12.8. The van der Waals surface area contributed by atoms with Crippen LogP contribution in [0, 0.1) is 5.92 Å². The Morgan fingerprint density at radius 3 is 1.80 bits per heavy atom. The highest BCUT2D eigenvalue weighted by Gasteiger charge is 2.49. The van der Waals surface area contributed by atoms with Crippen LogP contribution < -0.4 is 5.73 Å². The van der Waals surface area contributed by atoms with Gasteiger partial charge in [-0.25, -0.2) is 0 Å². The van der Waals surface area contributed by atoms with Crippen LogP contribution in [-0.2, 0) is 10.2 Å². The third-order valence-electron chi connectivity index (χ3n) is 9.83. The van der Waals surface area contributed by atoms with Crippen LogP contribution in [0.1, 0.15) is 83.2 Å². The highest BCUT2D eigenvalue weighted by atomic mass is 16.2. The molecule has 238 valence electrons. The van der Waals surface area contributed by atoms with Gasteiger partial charge in [0, 0.05) is 19.6 Å². The van der Waals surface area contributed by atoms with E-state index in [4.69, 9.17) is 5.73 Å². The average Bonchev–Trinajstić information content (AvgIpc) is 3.62. The number of primary amides is 1. The fraction of sp³-hybridized carbons (Fsp3) is 0.447. The van der Waals surface area contributed by atoms with Crippen molar-refractivity contribution in [1.29, 1.82) is 0 Å². The molecular weight excluding hydrogens is 560 g/mol. The molecule has 3 amide bonds. The number of amides is 3. The maximum Gasteiger partial charge on any atom is 0.261 e. The van der Waals surface area contributed by atoms with Crippen molar-refractivity contribution in [3.63, 3.8) is 0 Å². The Bertz CT molecular complexity index is 1350. The van der Waals surface area contributed by atoms with E-state index >= 15 is 0 Å². The molecule has 1 fully saturated rings. The van der Waals surface area contributed by atoms with Gasteiger partial charge in [0.2, 0.25) is 5.91 Å². The Morgan fingerprint density at radius 1 is 0.733 bits per heavy atom. The van der Waals surface area contributed by atoms with Crippen LogP contribution in [0.2, 0.25) is 0 Å². The standard InChI is InChI=1S/C38H48N4O3/c1-40(27-28-42-35(43)33-21-13-14-22-34(33)36(42)44)24-15-5-3-2-4-6-16-25-41-26-23-32(29-41)38(37(39)45,30-17-9-7-10-18-30)31-19-11-8-12-20-31/h7-14,17-22,32H,2-6,15-16,23-29H2,1H3,(H2,39,45). The minimum absolute atomic E-state index is 0.144. The van der Waals surface area contributed by atoms with Crippen LogP contribution in [0.25, 0.3) is 0 Å². The zero-order valence-electron chi connectivity index (χ0n) is 26.7. The quantitative estimate of drug-likeness (QED) is 0.156. The number of likely N-dealkylation sites (tertiary alicyclic amines) is 1. The molecule has 2 aliphatic rings. The number of unbranched alkanes of at least 4 members (excludes halogenated alkanes) is 6. The highest BCUT2D eigenvalue weighted by molar-refractivity contribution is 6.21. The van der Waals surface area contributed by atoms with Gasteiger partial charge in [0.25, 0.3) is 11.8 Å². The van der Waals surface area contributed by atoms with Gasteiger partial charge in [0.1, 0.15) is 5.41 Å². The van der Waals surface area contributed by atoms with Crippen molar-refractivity contribution >= 4 is 17.7 Å². The molecule has 45 heavy (non-hydrogen) atoms. The molecule has 0 saturated carbocycles. The highest BCUT2D eigenvalue weighted by Crippen LogP contribution is 2.43. The van der Waals surface area contributed by atoms with E-state index in [9.17, 15) is 14.4 Å². The zero-order chi connectivity index (χ0) is 31.6. The van der Waals surface area contributed by atoms with Crippen LogP contribution >= 0.6 is 0 Å². The van der Waals surface area contributed by atoms with Crippen LogP contribution in [0.4, 0.5) is 0 Å². The second-order valence-corrected chi connectivity index (χ2v) is 12.8. The maximum absolute atomic E-state index is 13.3. The molecule has 0 aromatic heterocycles. The second kappa shape index (κ2) is 15.5. The molecule has 2 aliphatic heterocycles. The van der Waals surface area contributed by atoms with Gasteiger partial charge in [-0.3, -0.25) is 19.3 Å². The Hall–Kier alpha value is -3.81. The minimum atomic E-state index is -0.819. The smallest absolute Gasteiger partial charge is 0.261 e. The fourth-order valence-electron chi connectivity index (χ4n) is 7.34. The van der Waals surface area contributed by atoms with Crippen LogP contribution in [-0.4, -0.2) is 78.7 Å². The number of rotatable bonds is 17. The van der Waals surface area contributed by atoms with Crippen molar-refractivity contribution in [2.24, 2.45) is 11.7 Å². The normalized spacial score (nSPS) is 16.9. The molecule has 0 spiro atoms. The van der Waals surface area contributed by atoms with Gasteiger partial charge in [-0.15, -0.1) is 0 Å². The fourth-order valence-corrected chi connectivity index (χ4v) is 7.34. The van der Waals surface area contributed by atoms with Crippen molar-refractivity contribution in [2.45, 2.75) is 56.8 Å². The van der Waals surface area contributed by atoms with Gasteiger partial charge < -0.3 is 15.5 Å². The molecule has 1 saturated heterocycles. The summed E-state index contributed by atoms with van der Waals surface area (Å²) < 4.78 is 0. The first-order valence-corrected chi connectivity index (χ1v) is 16.7. The van der Waals surface area contributed by atoms with E-state index in [1.54, 1.807) is 24.3 Å². The first-order valence-electron chi connectivity index (χ1n) is 16.7. The maximum atomic E-state index is 13.3. The Labute approximate surface area is 268 Å². The Kier molecular flexibility index (Phi) is 11.2. The van der Waals surface area contributed by atoms with Gasteiger partial charge in [0.15, 0.2) is 0 Å². The van der Waals surface area contributed by atoms with Gasteiger partial charge in [-0.2, -0.15) is 0 Å². The Morgan fingerprint density at radius 2 is 1.24 bits per heavy atom. The van der Waals surface area contributed by atoms with E-state index < -0.39 is 5.41 Å². The van der Waals surface area contributed by atoms with Crippen molar-refractivity contribution in [3.05, 3.63) is 107 Å². The largest absolute Gasteiger partial charge is 0.369 e. The predicted octanol–water partition coefficient (Wildman–Crippen LogP) is 5.74. The molecule has 3 aromatic carbocycles. The lowest BCUT2D eigenvalue weighted by molar-refractivity contribution is -0.123. The van der Waals surface area contributed by atoms with E-state index in [-0.39, 0.29) is 23.6 Å². The lowest BCUT2D eigenvalue weighted by atomic mass is 9.64. The molecule has 0 radical (unpaired) electrons. The minimum Gasteiger partial charge on any atom is -0.369 e. The van der Waals surface area contributed by atoms with E-state index in [2.05, 4.69) is 41.1 Å². The summed E-state index contributed by atoms with van der Waals surface area (Å²) in [4.78, 5) is 44.5. The predicted molar refractivity (Wildman–Crippen MR) is 179 cm³/mol. The molecule has 7 nitrogen and oxygen atoms in total. The van der Waals surface area contributed by atoms with Gasteiger partial charge in [-0.1, -0.05) is 105 Å². The number of likely N-dealkylation sites (N-methyl/N-ethyl adjacent to an activating group) is 1. The summed E-state index contributed by atoms with van der Waals surface area (Å²) >= 11 is 0. The molecule has 5 rings (SSSR count). The number of carbonyl (C=O) groups is 3. The lowest BCUT2D eigenvalue weighted by Gasteiger charge is -2.37. The molecule has 2 N–H and O–H groups in total. The molecular formula is C38H48N4O3. The van der Waals surface area contributed by atoms with Crippen molar-refractivity contribution in [3.8, 4) is 0 Å². The summed E-state index contributed by atoms with van der Waals surface area (Å²) in [6, 6.07) is 27.3. The number of imide groups is 1. The van der Waals surface area contributed by atoms with Crippen molar-refractivity contribution in [2.75, 3.05) is 46.3 Å². The number of nitrogens with two attached hydrogens (primary N) is 1. The third kappa shape index (κ3) is 7.37. The monoisotopic (exact) mass is 608 g/mol. The number of nitrogens with zero attached hydrogens (tertiary/aromatic N) is 3. The molecule has 3 aromatic rings. The van der Waals surface area contributed by atoms with E-state index in [0.29, 0.717) is 24.2 Å². The third-order valence-corrected chi connectivity index (χ3v) is 9.83. The van der Waals surface area contributed by atoms with Crippen LogP contribution in [0.3, 0.4) is 0 Å². The molecule has 7 heteroatoms. The number of hydrogen-bond acceptors (Lipinski definition) is 5. The summed E-state index contributed by atoms with van der Waals surface area (Å²) in [6.07, 6.45) is 9.39. The molecule has 0 bridgehead atoms. The van der Waals surface area contributed by atoms with Gasteiger partial charge in [-0.05, 0) is 75.1 Å². The first kappa shape index (κ1) is 32.6.